The van der Waals surface area contributed by atoms with E-state index in [9.17, 15) is 23.8 Å². The van der Waals surface area contributed by atoms with Gasteiger partial charge in [-0.25, -0.2) is 4.57 Å². The zero-order valence-corrected chi connectivity index (χ0v) is 34.4. The average molecular weight is 784 g/mol. The molecule has 0 heterocycles. The largest absolute Gasteiger partial charge is 0.480 e. The molecule has 0 radical (unpaired) electrons. The smallest absolute Gasteiger partial charge is 0.472 e. The Morgan fingerprint density at radius 3 is 1.57 bits per heavy atom. The van der Waals surface area contributed by atoms with Gasteiger partial charge in [0.2, 0.25) is 0 Å². The van der Waals surface area contributed by atoms with Crippen LogP contribution in [0.3, 0.4) is 0 Å². The maximum absolute atomic E-state index is 12.6. The van der Waals surface area contributed by atoms with Crippen molar-refractivity contribution < 1.29 is 47.5 Å². The van der Waals surface area contributed by atoms with Crippen LogP contribution in [-0.2, 0) is 37.5 Å². The molecule has 0 bridgehead atoms. The molecular weight excluding hydrogens is 709 g/mol. The highest BCUT2D eigenvalue weighted by atomic mass is 31.2. The van der Waals surface area contributed by atoms with Crippen molar-refractivity contribution in [1.82, 2.24) is 0 Å². The Balaban J connectivity index is 4.44. The number of nitrogens with two attached hydrogens (primary N) is 1. The summed E-state index contributed by atoms with van der Waals surface area (Å²) in [6.07, 6.45) is 40.3. The molecule has 4 N–H and O–H groups in total. The van der Waals surface area contributed by atoms with E-state index in [1.807, 2.05) is 0 Å². The number of carbonyl (C=O) groups excluding carboxylic acids is 2. The number of ether oxygens (including phenoxy) is 2. The summed E-state index contributed by atoms with van der Waals surface area (Å²) >= 11 is 0. The number of hydrogen-bond donors (Lipinski definition) is 3. The van der Waals surface area contributed by atoms with Gasteiger partial charge in [-0.1, -0.05) is 133 Å². The van der Waals surface area contributed by atoms with E-state index < -0.39 is 51.1 Å². The third-order valence-corrected chi connectivity index (χ3v) is 9.51. The summed E-state index contributed by atoms with van der Waals surface area (Å²) in [4.78, 5) is 45.9. The average Bonchev–Trinajstić information content (AvgIpc) is 3.14. The molecule has 1 unspecified atom stereocenters. The minimum absolute atomic E-state index is 0.146. The SMILES string of the molecule is CC/C=C\C/C=C\C/C=C\CCCCCCCC(=O)OC[C@H](COP(=O)(O)OC[C@H](N)C(=O)O)OC(=O)CCCCCCC/C=C\CCCCCCCC. The zero-order chi connectivity index (χ0) is 40.0. The first-order valence-electron chi connectivity index (χ1n) is 20.7. The monoisotopic (exact) mass is 784 g/mol. The van der Waals surface area contributed by atoms with Gasteiger partial charge in [0, 0.05) is 12.8 Å². The van der Waals surface area contributed by atoms with E-state index in [0.29, 0.717) is 12.8 Å². The number of phosphoric acid groups is 1. The van der Waals surface area contributed by atoms with Gasteiger partial charge in [-0.2, -0.15) is 0 Å². The quantitative estimate of drug-likeness (QED) is 0.0235. The van der Waals surface area contributed by atoms with E-state index in [1.165, 1.54) is 38.5 Å². The molecule has 3 atom stereocenters. The fourth-order valence-corrected chi connectivity index (χ4v) is 6.09. The number of carbonyl (C=O) groups is 3. The second kappa shape index (κ2) is 37.4. The summed E-state index contributed by atoms with van der Waals surface area (Å²) in [5.41, 5.74) is 5.32. The van der Waals surface area contributed by atoms with Crippen LogP contribution in [0.4, 0.5) is 0 Å². The number of hydrogen-bond acceptors (Lipinski definition) is 9. The topological polar surface area (TPSA) is 172 Å². The van der Waals surface area contributed by atoms with Crippen molar-refractivity contribution in [3.05, 3.63) is 48.6 Å². The summed E-state index contributed by atoms with van der Waals surface area (Å²) in [6, 6.07) is -1.53. The molecule has 0 saturated heterocycles. The van der Waals surface area contributed by atoms with Crippen LogP contribution in [0.1, 0.15) is 168 Å². The Bertz CT molecular complexity index is 1110. The lowest BCUT2D eigenvalue weighted by Crippen LogP contribution is -2.34. The summed E-state index contributed by atoms with van der Waals surface area (Å²) < 4.78 is 32.6. The van der Waals surface area contributed by atoms with Crippen LogP contribution in [0, 0.1) is 0 Å². The first-order chi connectivity index (χ1) is 26.1. The van der Waals surface area contributed by atoms with E-state index in [-0.39, 0.29) is 19.4 Å². The second-order valence-electron chi connectivity index (χ2n) is 13.7. The number of rotatable bonds is 38. The molecule has 0 aliphatic carbocycles. The third-order valence-electron chi connectivity index (χ3n) is 8.56. The lowest BCUT2D eigenvalue weighted by Gasteiger charge is -2.20. The summed E-state index contributed by atoms with van der Waals surface area (Å²) in [7, 11) is -4.72. The van der Waals surface area contributed by atoms with Crippen LogP contribution >= 0.6 is 7.82 Å². The Morgan fingerprint density at radius 2 is 1.04 bits per heavy atom. The molecule has 0 aromatic carbocycles. The molecule has 0 amide bonds. The summed E-state index contributed by atoms with van der Waals surface area (Å²) in [6.45, 7) is 2.65. The Hall–Kier alpha value is -2.56. The lowest BCUT2D eigenvalue weighted by molar-refractivity contribution is -0.161. The van der Waals surface area contributed by atoms with Gasteiger partial charge in [0.05, 0.1) is 13.2 Å². The van der Waals surface area contributed by atoms with E-state index in [1.54, 1.807) is 0 Å². The van der Waals surface area contributed by atoms with Crippen LogP contribution < -0.4 is 5.73 Å². The highest BCUT2D eigenvalue weighted by Gasteiger charge is 2.28. The second-order valence-corrected chi connectivity index (χ2v) is 15.2. The van der Waals surface area contributed by atoms with Crippen LogP contribution in [0.2, 0.25) is 0 Å². The number of aliphatic carboxylic acids is 1. The van der Waals surface area contributed by atoms with Crippen molar-refractivity contribution in [2.24, 2.45) is 5.73 Å². The van der Waals surface area contributed by atoms with Crippen LogP contribution in [-0.4, -0.2) is 59.9 Å². The molecule has 0 rings (SSSR count). The number of esters is 2. The lowest BCUT2D eigenvalue weighted by atomic mass is 10.1. The number of phosphoric ester groups is 1. The molecule has 0 aliphatic heterocycles. The van der Waals surface area contributed by atoms with Gasteiger partial charge in [0.1, 0.15) is 12.6 Å². The molecule has 11 nitrogen and oxygen atoms in total. The fraction of sp³-hybridized carbons (Fsp3) is 0.738. The van der Waals surface area contributed by atoms with Crippen molar-refractivity contribution in [3.8, 4) is 0 Å². The number of unbranched alkanes of at least 4 members (excludes halogenated alkanes) is 16. The molecule has 54 heavy (non-hydrogen) atoms. The van der Waals surface area contributed by atoms with Gasteiger partial charge in [0.25, 0.3) is 0 Å². The first kappa shape index (κ1) is 51.4. The normalized spacial score (nSPS) is 14.3. The third kappa shape index (κ3) is 36.4. The van der Waals surface area contributed by atoms with Crippen molar-refractivity contribution >= 4 is 25.7 Å². The number of carboxylic acid groups (broad SMARTS) is 1. The molecule has 0 aromatic heterocycles. The van der Waals surface area contributed by atoms with E-state index in [2.05, 4.69) is 67.0 Å². The molecular formula is C42H74NO10P. The standard InChI is InChI=1S/C42H74NO10P/c1-3-5-7-9-11-13-15-17-19-21-23-25-27-29-31-33-40(44)50-35-38(36-51-54(48,49)52-37-39(43)42(46)47)53-41(45)34-32-30-28-26-24-22-20-18-16-14-12-10-8-6-4-2/h5,7,11,13,17-20,38-39H,3-4,6,8-10,12,14-16,21-37,43H2,1-2H3,(H,46,47)(H,48,49)/b7-5-,13-11-,19-17-,20-18-/t38-,39+/m1/s1. The van der Waals surface area contributed by atoms with Crippen molar-refractivity contribution in [3.63, 3.8) is 0 Å². The Morgan fingerprint density at radius 1 is 0.593 bits per heavy atom. The fourth-order valence-electron chi connectivity index (χ4n) is 5.31. The summed E-state index contributed by atoms with van der Waals surface area (Å²) in [5, 5.41) is 8.87. The van der Waals surface area contributed by atoms with Crippen molar-refractivity contribution in [1.29, 1.82) is 0 Å². The highest BCUT2D eigenvalue weighted by molar-refractivity contribution is 7.47. The number of allylic oxidation sites excluding steroid dienone is 8. The predicted molar refractivity (Wildman–Crippen MR) is 217 cm³/mol. The zero-order valence-electron chi connectivity index (χ0n) is 33.6. The predicted octanol–water partition coefficient (Wildman–Crippen LogP) is 10.6. The number of carboxylic acids is 1. The van der Waals surface area contributed by atoms with Crippen molar-refractivity contribution in [2.75, 3.05) is 19.8 Å². The molecule has 0 aliphatic rings. The molecule has 0 fully saturated rings. The Kier molecular flexibility index (Phi) is 35.6. The van der Waals surface area contributed by atoms with E-state index >= 15 is 0 Å². The molecule has 12 heteroatoms. The van der Waals surface area contributed by atoms with Crippen LogP contribution in [0.25, 0.3) is 0 Å². The Labute approximate surface area is 326 Å². The van der Waals surface area contributed by atoms with Gasteiger partial charge in [0.15, 0.2) is 6.10 Å². The van der Waals surface area contributed by atoms with E-state index in [4.69, 9.17) is 24.8 Å². The van der Waals surface area contributed by atoms with Gasteiger partial charge in [-0.15, -0.1) is 0 Å². The van der Waals surface area contributed by atoms with Gasteiger partial charge in [-0.3, -0.25) is 23.4 Å². The minimum atomic E-state index is -4.72. The minimum Gasteiger partial charge on any atom is -0.480 e. The molecule has 0 saturated carbocycles. The van der Waals surface area contributed by atoms with Gasteiger partial charge in [-0.05, 0) is 70.6 Å². The summed E-state index contributed by atoms with van der Waals surface area (Å²) in [5.74, 6) is -2.41. The molecule has 312 valence electrons. The van der Waals surface area contributed by atoms with Crippen molar-refractivity contribution in [2.45, 2.75) is 180 Å². The highest BCUT2D eigenvalue weighted by Crippen LogP contribution is 2.43. The maximum Gasteiger partial charge on any atom is 0.472 e. The van der Waals surface area contributed by atoms with Crippen LogP contribution in [0.15, 0.2) is 48.6 Å². The van der Waals surface area contributed by atoms with Gasteiger partial charge < -0.3 is 25.2 Å². The molecule has 0 aromatic rings. The van der Waals surface area contributed by atoms with E-state index in [0.717, 1.165) is 89.9 Å². The molecule has 0 spiro atoms. The van der Waals surface area contributed by atoms with Gasteiger partial charge >= 0.3 is 25.7 Å². The van der Waals surface area contributed by atoms with Crippen LogP contribution in [0.5, 0.6) is 0 Å². The first-order valence-corrected chi connectivity index (χ1v) is 22.2. The maximum atomic E-state index is 12.6.